The molecule has 0 amide bonds. The van der Waals surface area contributed by atoms with E-state index < -0.39 is 28.2 Å². The fraction of sp³-hybridized carbons (Fsp3) is 0.500. The molecule has 0 saturated carbocycles. The molecule has 0 aliphatic carbocycles. The van der Waals surface area contributed by atoms with Crippen molar-refractivity contribution >= 4 is 9.84 Å². The average Bonchev–Trinajstić information content (AvgIpc) is 3.18. The van der Waals surface area contributed by atoms with Gasteiger partial charge in [-0.3, -0.25) is 0 Å². The first-order valence-corrected chi connectivity index (χ1v) is 7.55. The minimum Gasteiger partial charge on any atom is -0.491 e. The summed E-state index contributed by atoms with van der Waals surface area (Å²) in [7, 11) is -3.97. The van der Waals surface area contributed by atoms with Crippen molar-refractivity contribution in [3.63, 3.8) is 0 Å². The summed E-state index contributed by atoms with van der Waals surface area (Å²) >= 11 is 0. The first-order valence-electron chi connectivity index (χ1n) is 5.90. The quantitative estimate of drug-likeness (QED) is 0.756. The number of epoxide rings is 1. The molecule has 2 rings (SSSR count). The first-order chi connectivity index (χ1) is 9.26. The lowest BCUT2D eigenvalue weighted by molar-refractivity contribution is -0.129. The van der Waals surface area contributed by atoms with Crippen molar-refractivity contribution < 1.29 is 31.1 Å². The number of ether oxygens (including phenoxy) is 2. The van der Waals surface area contributed by atoms with Crippen LogP contribution in [0.2, 0.25) is 0 Å². The Morgan fingerprint density at radius 1 is 1.35 bits per heavy atom. The molecule has 1 atom stereocenters. The van der Waals surface area contributed by atoms with Crippen LogP contribution in [0.15, 0.2) is 29.2 Å². The van der Waals surface area contributed by atoms with Gasteiger partial charge in [0.15, 0.2) is 9.84 Å². The molecule has 4 nitrogen and oxygen atoms in total. The molecule has 1 aliphatic rings. The van der Waals surface area contributed by atoms with Crippen molar-refractivity contribution in [3.05, 3.63) is 24.3 Å². The zero-order valence-corrected chi connectivity index (χ0v) is 11.2. The van der Waals surface area contributed by atoms with Gasteiger partial charge in [-0.2, -0.15) is 13.2 Å². The highest BCUT2D eigenvalue weighted by Crippen LogP contribution is 2.25. The van der Waals surface area contributed by atoms with E-state index in [4.69, 9.17) is 9.47 Å². The van der Waals surface area contributed by atoms with Crippen molar-refractivity contribution in [2.75, 3.05) is 19.0 Å². The highest BCUT2D eigenvalue weighted by Gasteiger charge is 2.30. The van der Waals surface area contributed by atoms with Gasteiger partial charge in [-0.05, 0) is 18.2 Å². The van der Waals surface area contributed by atoms with E-state index in [1.165, 1.54) is 18.2 Å². The third kappa shape index (κ3) is 4.68. The van der Waals surface area contributed by atoms with Crippen LogP contribution in [0.1, 0.15) is 6.42 Å². The van der Waals surface area contributed by atoms with E-state index in [9.17, 15) is 21.6 Å². The molecule has 0 bridgehead atoms. The van der Waals surface area contributed by atoms with E-state index in [-0.39, 0.29) is 11.0 Å². The first kappa shape index (κ1) is 15.1. The van der Waals surface area contributed by atoms with Crippen LogP contribution >= 0.6 is 0 Å². The lowest BCUT2D eigenvalue weighted by atomic mass is 10.3. The van der Waals surface area contributed by atoms with Gasteiger partial charge in [0, 0.05) is 0 Å². The maximum absolute atomic E-state index is 12.1. The Morgan fingerprint density at radius 2 is 2.05 bits per heavy atom. The standard InChI is InChI=1S/C12H13F3O4S/c13-12(14,15)4-5-20(16,17)11-3-1-2-9(6-11)18-7-10-8-19-10/h1-3,6,10H,4-5,7-8H2/t10-/m1/s1. The van der Waals surface area contributed by atoms with E-state index >= 15 is 0 Å². The number of sulfone groups is 1. The van der Waals surface area contributed by atoms with Crippen LogP contribution in [0, 0.1) is 0 Å². The topological polar surface area (TPSA) is 55.9 Å². The lowest BCUT2D eigenvalue weighted by Gasteiger charge is -2.09. The molecule has 1 heterocycles. The third-order valence-electron chi connectivity index (χ3n) is 2.66. The van der Waals surface area contributed by atoms with E-state index in [2.05, 4.69) is 0 Å². The zero-order chi connectivity index (χ0) is 14.8. The van der Waals surface area contributed by atoms with Crippen molar-refractivity contribution in [2.45, 2.75) is 23.6 Å². The fourth-order valence-corrected chi connectivity index (χ4v) is 2.80. The number of hydrogen-bond donors (Lipinski definition) is 0. The molecule has 112 valence electrons. The Labute approximate surface area is 114 Å². The molecule has 1 aromatic rings. The normalized spacial score (nSPS) is 18.9. The summed E-state index contributed by atoms with van der Waals surface area (Å²) < 4.78 is 70.1. The summed E-state index contributed by atoms with van der Waals surface area (Å²) in [6.45, 7) is 0.898. The van der Waals surface area contributed by atoms with Crippen LogP contribution in [-0.2, 0) is 14.6 Å². The van der Waals surface area contributed by atoms with Gasteiger partial charge in [0.25, 0.3) is 0 Å². The van der Waals surface area contributed by atoms with Gasteiger partial charge >= 0.3 is 6.18 Å². The van der Waals surface area contributed by atoms with E-state index in [1.54, 1.807) is 6.07 Å². The van der Waals surface area contributed by atoms with Gasteiger partial charge < -0.3 is 9.47 Å². The molecule has 8 heteroatoms. The Balaban J connectivity index is 2.04. The molecule has 1 aromatic carbocycles. The van der Waals surface area contributed by atoms with Crippen LogP contribution in [0.25, 0.3) is 0 Å². The maximum atomic E-state index is 12.1. The Kier molecular flexibility index (Phi) is 4.24. The molecular weight excluding hydrogens is 297 g/mol. The number of rotatable bonds is 6. The van der Waals surface area contributed by atoms with Crippen molar-refractivity contribution in [3.8, 4) is 5.75 Å². The Bertz CT molecular complexity index is 564. The average molecular weight is 310 g/mol. The van der Waals surface area contributed by atoms with Gasteiger partial charge in [0.05, 0.1) is 23.7 Å². The SMILES string of the molecule is O=S(=O)(CCC(F)(F)F)c1cccc(OC[C@@H]2CO2)c1. The molecule has 20 heavy (non-hydrogen) atoms. The van der Waals surface area contributed by atoms with Gasteiger partial charge in [-0.25, -0.2) is 8.42 Å². The van der Waals surface area contributed by atoms with Crippen molar-refractivity contribution in [2.24, 2.45) is 0 Å². The minimum absolute atomic E-state index is 0.0143. The summed E-state index contributed by atoms with van der Waals surface area (Å²) in [4.78, 5) is -0.170. The minimum atomic E-state index is -4.50. The monoisotopic (exact) mass is 310 g/mol. The van der Waals surface area contributed by atoms with Crippen LogP contribution in [0.3, 0.4) is 0 Å². The molecule has 1 saturated heterocycles. The van der Waals surface area contributed by atoms with Crippen LogP contribution in [0.5, 0.6) is 5.75 Å². The predicted molar refractivity (Wildman–Crippen MR) is 64.4 cm³/mol. The molecule has 1 aliphatic heterocycles. The second kappa shape index (κ2) is 5.61. The van der Waals surface area contributed by atoms with E-state index in [1.807, 2.05) is 0 Å². The molecule has 0 N–H and O–H groups in total. The largest absolute Gasteiger partial charge is 0.491 e. The molecule has 0 radical (unpaired) electrons. The zero-order valence-electron chi connectivity index (χ0n) is 10.4. The second-order valence-electron chi connectivity index (χ2n) is 4.43. The number of hydrogen-bond acceptors (Lipinski definition) is 4. The van der Waals surface area contributed by atoms with Crippen LogP contribution < -0.4 is 4.74 Å². The van der Waals surface area contributed by atoms with Gasteiger partial charge in [-0.15, -0.1) is 0 Å². The fourth-order valence-electron chi connectivity index (χ4n) is 1.48. The summed E-state index contributed by atoms with van der Waals surface area (Å²) in [6, 6.07) is 5.47. The molecule has 0 aromatic heterocycles. The Morgan fingerprint density at radius 3 is 2.65 bits per heavy atom. The molecule has 0 unspecified atom stereocenters. The van der Waals surface area contributed by atoms with Crippen molar-refractivity contribution in [1.82, 2.24) is 0 Å². The number of benzene rings is 1. The molecule has 1 fully saturated rings. The predicted octanol–water partition coefficient (Wildman–Crippen LogP) is 2.19. The number of alkyl halides is 3. The second-order valence-corrected chi connectivity index (χ2v) is 6.53. The third-order valence-corrected chi connectivity index (χ3v) is 4.37. The van der Waals surface area contributed by atoms with Gasteiger partial charge in [0.2, 0.25) is 0 Å². The van der Waals surface area contributed by atoms with Crippen LogP contribution in [0.4, 0.5) is 13.2 Å². The summed E-state index contributed by atoms with van der Waals surface area (Å²) in [5.74, 6) is -0.667. The Hall–Kier alpha value is -1.28. The van der Waals surface area contributed by atoms with Crippen molar-refractivity contribution in [1.29, 1.82) is 0 Å². The van der Waals surface area contributed by atoms with Gasteiger partial charge in [0.1, 0.15) is 18.5 Å². The summed E-state index contributed by atoms with van der Waals surface area (Å²) in [6.07, 6.45) is -5.85. The maximum Gasteiger partial charge on any atom is 0.390 e. The summed E-state index contributed by atoms with van der Waals surface area (Å²) in [5, 5.41) is 0. The van der Waals surface area contributed by atoms with Crippen LogP contribution in [-0.4, -0.2) is 39.7 Å². The highest BCUT2D eigenvalue weighted by atomic mass is 32.2. The highest BCUT2D eigenvalue weighted by molar-refractivity contribution is 7.91. The molecular formula is C12H13F3O4S. The van der Waals surface area contributed by atoms with E-state index in [0.717, 1.165) is 0 Å². The molecule has 0 spiro atoms. The lowest BCUT2D eigenvalue weighted by Crippen LogP contribution is -2.16. The smallest absolute Gasteiger partial charge is 0.390 e. The van der Waals surface area contributed by atoms with E-state index in [0.29, 0.717) is 19.0 Å². The summed E-state index contributed by atoms with van der Waals surface area (Å²) in [5.41, 5.74) is 0. The number of halogens is 3. The van der Waals surface area contributed by atoms with Gasteiger partial charge in [-0.1, -0.05) is 6.07 Å².